The Bertz CT molecular complexity index is 97.6. The average molecular weight is 188 g/mol. The molecule has 0 bridgehead atoms. The van der Waals surface area contributed by atoms with E-state index in [1.165, 1.54) is 0 Å². The Hall–Kier alpha value is -0.160. The second kappa shape index (κ2) is 9.92. The van der Waals surface area contributed by atoms with Crippen LogP contribution in [0.25, 0.3) is 0 Å². The van der Waals surface area contributed by atoms with Crippen LogP contribution in [-0.2, 0) is 0 Å². The summed E-state index contributed by atoms with van der Waals surface area (Å²) in [5.41, 5.74) is 10.8. The van der Waals surface area contributed by atoms with Gasteiger partial charge in [-0.05, 0) is 46.1 Å². The first-order chi connectivity index (χ1) is 6.31. The number of rotatable bonds is 9. The summed E-state index contributed by atoms with van der Waals surface area (Å²) in [6.07, 6.45) is 2.14. The van der Waals surface area contributed by atoms with Crippen LogP contribution >= 0.6 is 0 Å². The second-order valence-corrected chi connectivity index (χ2v) is 3.34. The Kier molecular flexibility index (Phi) is 9.80. The van der Waals surface area contributed by atoms with Crippen LogP contribution in [0, 0.1) is 0 Å². The molecule has 0 radical (unpaired) electrons. The van der Waals surface area contributed by atoms with Gasteiger partial charge in [0, 0.05) is 13.1 Å². The van der Waals surface area contributed by atoms with Crippen molar-refractivity contribution in [3.8, 4) is 0 Å². The molecule has 0 saturated carbocycles. The first-order valence-corrected chi connectivity index (χ1v) is 5.10. The zero-order valence-electron chi connectivity index (χ0n) is 8.76. The summed E-state index contributed by atoms with van der Waals surface area (Å²) >= 11 is 0. The first-order valence-electron chi connectivity index (χ1n) is 5.10. The lowest BCUT2D eigenvalue weighted by molar-refractivity contribution is 0.329. The van der Waals surface area contributed by atoms with Crippen molar-refractivity contribution in [1.29, 1.82) is 0 Å². The zero-order chi connectivity index (χ0) is 9.94. The monoisotopic (exact) mass is 188 g/mol. The van der Waals surface area contributed by atoms with Gasteiger partial charge in [0.1, 0.15) is 0 Å². The summed E-state index contributed by atoms with van der Waals surface area (Å²) in [5.74, 6) is 0. The molecule has 13 heavy (non-hydrogen) atoms. The predicted octanol–water partition coefficient (Wildman–Crippen LogP) is -0.795. The van der Waals surface area contributed by atoms with Crippen molar-refractivity contribution in [2.24, 2.45) is 11.5 Å². The van der Waals surface area contributed by atoms with E-state index in [1.54, 1.807) is 0 Å². The van der Waals surface area contributed by atoms with E-state index >= 15 is 0 Å². The molecule has 0 aromatic carbocycles. The highest BCUT2D eigenvalue weighted by Gasteiger charge is 1.95. The third-order valence-corrected chi connectivity index (χ3v) is 1.97. The molecule has 0 aliphatic heterocycles. The van der Waals surface area contributed by atoms with Crippen LogP contribution in [0.3, 0.4) is 0 Å². The molecule has 0 aliphatic rings. The fraction of sp³-hybridized carbons (Fsp3) is 1.00. The van der Waals surface area contributed by atoms with Crippen molar-refractivity contribution in [2.75, 3.05) is 46.3 Å². The summed E-state index contributed by atoms with van der Waals surface area (Å²) in [4.78, 5) is 2.29. The van der Waals surface area contributed by atoms with Crippen molar-refractivity contribution in [3.05, 3.63) is 0 Å². The topological polar surface area (TPSA) is 67.3 Å². The van der Waals surface area contributed by atoms with Crippen molar-refractivity contribution >= 4 is 0 Å². The number of nitrogens with one attached hydrogen (secondary N) is 1. The Morgan fingerprint density at radius 3 is 2.31 bits per heavy atom. The van der Waals surface area contributed by atoms with Crippen molar-refractivity contribution in [3.63, 3.8) is 0 Å². The fourth-order valence-corrected chi connectivity index (χ4v) is 1.09. The third-order valence-electron chi connectivity index (χ3n) is 1.97. The molecule has 0 unspecified atom stereocenters. The van der Waals surface area contributed by atoms with Crippen LogP contribution in [0.2, 0.25) is 0 Å². The summed E-state index contributed by atoms with van der Waals surface area (Å²) < 4.78 is 0. The molecule has 5 N–H and O–H groups in total. The minimum atomic E-state index is 0.774. The van der Waals surface area contributed by atoms with Gasteiger partial charge in [0.15, 0.2) is 0 Å². The molecule has 0 aromatic heterocycles. The highest BCUT2D eigenvalue weighted by atomic mass is 15.1. The molecule has 0 aliphatic carbocycles. The van der Waals surface area contributed by atoms with E-state index in [0.717, 1.165) is 52.1 Å². The molecule has 4 nitrogen and oxygen atoms in total. The van der Waals surface area contributed by atoms with E-state index < -0.39 is 0 Å². The van der Waals surface area contributed by atoms with Crippen LogP contribution in [0.4, 0.5) is 0 Å². The average Bonchev–Trinajstić information content (AvgIpc) is 2.14. The van der Waals surface area contributed by atoms with Gasteiger partial charge in [-0.2, -0.15) is 0 Å². The maximum Gasteiger partial charge on any atom is 0.0104 e. The van der Waals surface area contributed by atoms with Crippen molar-refractivity contribution < 1.29 is 0 Å². The third kappa shape index (κ3) is 9.76. The van der Waals surface area contributed by atoms with E-state index in [-0.39, 0.29) is 0 Å². The molecule has 0 atom stereocenters. The lowest BCUT2D eigenvalue weighted by atomic mass is 10.4. The number of likely N-dealkylation sites (N-methyl/N-ethyl adjacent to an activating group) is 1. The molecule has 0 fully saturated rings. The molecule has 0 rings (SSSR count). The molecular weight excluding hydrogens is 164 g/mol. The maximum absolute atomic E-state index is 5.42. The van der Waals surface area contributed by atoms with Gasteiger partial charge < -0.3 is 21.7 Å². The van der Waals surface area contributed by atoms with Crippen LogP contribution < -0.4 is 16.8 Å². The Balaban J connectivity index is 3.03. The lowest BCUT2D eigenvalue weighted by Gasteiger charge is -2.16. The normalized spacial score (nSPS) is 11.1. The number of nitrogens with two attached hydrogens (primary N) is 2. The van der Waals surface area contributed by atoms with Gasteiger partial charge in [0.05, 0.1) is 0 Å². The lowest BCUT2D eigenvalue weighted by Crippen LogP contribution is -2.31. The standard InChI is InChI=1S/C9H24N4/c1-13(8-3-5-11)9-7-12-6-2-4-10/h12H,2-11H2,1H3. The Morgan fingerprint density at radius 2 is 1.69 bits per heavy atom. The molecular formula is C9H24N4. The second-order valence-electron chi connectivity index (χ2n) is 3.34. The highest BCUT2D eigenvalue weighted by Crippen LogP contribution is 1.83. The van der Waals surface area contributed by atoms with Crippen LogP contribution in [-0.4, -0.2) is 51.2 Å². The van der Waals surface area contributed by atoms with E-state index in [0.29, 0.717) is 0 Å². The minimum absolute atomic E-state index is 0.774. The summed E-state index contributed by atoms with van der Waals surface area (Å²) in [6.45, 7) is 5.81. The molecule has 80 valence electrons. The van der Waals surface area contributed by atoms with Crippen molar-refractivity contribution in [2.45, 2.75) is 12.8 Å². The van der Waals surface area contributed by atoms with Gasteiger partial charge in [-0.3, -0.25) is 0 Å². The largest absolute Gasteiger partial charge is 0.330 e. The van der Waals surface area contributed by atoms with Crippen LogP contribution in [0.5, 0.6) is 0 Å². The van der Waals surface area contributed by atoms with Gasteiger partial charge in [-0.1, -0.05) is 0 Å². The van der Waals surface area contributed by atoms with Crippen LogP contribution in [0.1, 0.15) is 12.8 Å². The van der Waals surface area contributed by atoms with Crippen LogP contribution in [0.15, 0.2) is 0 Å². The summed E-state index contributed by atoms with van der Waals surface area (Å²) in [6, 6.07) is 0. The number of hydrogen-bond donors (Lipinski definition) is 3. The molecule has 0 spiro atoms. The molecule has 0 aromatic rings. The van der Waals surface area contributed by atoms with Gasteiger partial charge >= 0.3 is 0 Å². The van der Waals surface area contributed by atoms with E-state index in [9.17, 15) is 0 Å². The van der Waals surface area contributed by atoms with E-state index in [2.05, 4.69) is 17.3 Å². The maximum atomic E-state index is 5.42. The molecule has 0 saturated heterocycles. The Morgan fingerprint density at radius 1 is 1.00 bits per heavy atom. The quantitative estimate of drug-likeness (QED) is 0.415. The van der Waals surface area contributed by atoms with E-state index in [4.69, 9.17) is 11.5 Å². The van der Waals surface area contributed by atoms with Gasteiger partial charge in [0.2, 0.25) is 0 Å². The predicted molar refractivity (Wildman–Crippen MR) is 57.7 cm³/mol. The summed E-state index contributed by atoms with van der Waals surface area (Å²) in [5, 5.41) is 3.34. The SMILES string of the molecule is CN(CCCN)CCNCCCN. The summed E-state index contributed by atoms with van der Waals surface area (Å²) in [7, 11) is 2.13. The molecule has 0 amide bonds. The number of hydrogen-bond acceptors (Lipinski definition) is 4. The van der Waals surface area contributed by atoms with Gasteiger partial charge in [-0.25, -0.2) is 0 Å². The highest BCUT2D eigenvalue weighted by molar-refractivity contribution is 4.55. The van der Waals surface area contributed by atoms with Gasteiger partial charge in [0.25, 0.3) is 0 Å². The first kappa shape index (κ1) is 12.8. The van der Waals surface area contributed by atoms with Gasteiger partial charge in [-0.15, -0.1) is 0 Å². The van der Waals surface area contributed by atoms with Crippen molar-refractivity contribution in [1.82, 2.24) is 10.2 Å². The smallest absolute Gasteiger partial charge is 0.0104 e. The minimum Gasteiger partial charge on any atom is -0.330 e. The fourth-order valence-electron chi connectivity index (χ4n) is 1.09. The van der Waals surface area contributed by atoms with E-state index in [1.807, 2.05) is 0 Å². The zero-order valence-corrected chi connectivity index (χ0v) is 8.76. The molecule has 4 heteroatoms. The number of nitrogens with zero attached hydrogens (tertiary/aromatic N) is 1. The Labute approximate surface area is 81.6 Å². The molecule has 0 heterocycles.